The molecule has 13 heavy (non-hydrogen) atoms. The fraction of sp³-hybridized carbons (Fsp3) is 0.857. The molecular formula is C7H11N3O3. The van der Waals surface area contributed by atoms with Crippen LogP contribution in [0.25, 0.3) is 10.4 Å². The quantitative estimate of drug-likeness (QED) is 0.364. The Balaban J connectivity index is 2.65. The van der Waals surface area contributed by atoms with Crippen molar-refractivity contribution in [2.24, 2.45) is 5.11 Å². The van der Waals surface area contributed by atoms with E-state index in [0.717, 1.165) is 0 Å². The summed E-state index contributed by atoms with van der Waals surface area (Å²) in [6, 6.07) is -0.498. The molecule has 0 spiro atoms. The number of rotatable bonds is 3. The zero-order chi connectivity index (χ0) is 9.84. The molecule has 0 aromatic rings. The highest BCUT2D eigenvalue weighted by molar-refractivity contribution is 4.92. The lowest BCUT2D eigenvalue weighted by molar-refractivity contribution is -0.0477. The number of aliphatic hydroxyl groups is 2. The summed E-state index contributed by atoms with van der Waals surface area (Å²) in [7, 11) is 0. The second-order valence-corrected chi connectivity index (χ2v) is 2.90. The van der Waals surface area contributed by atoms with E-state index in [2.05, 4.69) is 10.0 Å². The van der Waals surface area contributed by atoms with Gasteiger partial charge in [-0.3, -0.25) is 0 Å². The molecule has 6 heteroatoms. The van der Waals surface area contributed by atoms with Crippen LogP contribution in [0.15, 0.2) is 5.11 Å². The number of hydrogen-bond acceptors (Lipinski definition) is 4. The average Bonchev–Trinajstić information content (AvgIpc) is 2.46. The molecule has 0 saturated carbocycles. The van der Waals surface area contributed by atoms with Crippen molar-refractivity contribution in [1.29, 1.82) is 0 Å². The van der Waals surface area contributed by atoms with Crippen LogP contribution < -0.4 is 0 Å². The third-order valence-corrected chi connectivity index (χ3v) is 1.95. The van der Waals surface area contributed by atoms with Crippen molar-refractivity contribution in [3.63, 3.8) is 0 Å². The highest BCUT2D eigenvalue weighted by Gasteiger charge is 2.36. The summed E-state index contributed by atoms with van der Waals surface area (Å²) in [5.74, 6) is 0. The van der Waals surface area contributed by atoms with Crippen LogP contribution in [0.5, 0.6) is 0 Å². The maximum atomic E-state index is 9.26. The third-order valence-electron chi connectivity index (χ3n) is 1.95. The van der Waals surface area contributed by atoms with E-state index in [1.54, 1.807) is 0 Å². The molecule has 0 aromatic heterocycles. The van der Waals surface area contributed by atoms with Gasteiger partial charge in [0.05, 0.1) is 24.9 Å². The van der Waals surface area contributed by atoms with Gasteiger partial charge in [0.25, 0.3) is 0 Å². The van der Waals surface area contributed by atoms with Crippen molar-refractivity contribution >= 4 is 0 Å². The average molecular weight is 185 g/mol. The summed E-state index contributed by atoms with van der Waals surface area (Å²) in [6.45, 7) is 5.00. The molecule has 0 aromatic carbocycles. The summed E-state index contributed by atoms with van der Waals surface area (Å²) in [5, 5.41) is 21.3. The van der Waals surface area contributed by atoms with E-state index in [1.807, 2.05) is 0 Å². The monoisotopic (exact) mass is 185 g/mol. The maximum Gasteiger partial charge on any atom is 0.104 e. The van der Waals surface area contributed by atoms with E-state index < -0.39 is 31.0 Å². The van der Waals surface area contributed by atoms with E-state index >= 15 is 0 Å². The number of aliphatic hydroxyl groups excluding tert-OH is 2. The number of hydrogen-bond donors (Lipinski definition) is 2. The van der Waals surface area contributed by atoms with Crippen LogP contribution in [0.1, 0.15) is 6.42 Å². The molecule has 0 bridgehead atoms. The lowest BCUT2D eigenvalue weighted by Gasteiger charge is -2.18. The van der Waals surface area contributed by atoms with Crippen LogP contribution >= 0.6 is 0 Å². The molecule has 1 heterocycles. The normalized spacial score (nSPS) is 35.5. The Kier molecular flexibility index (Phi) is 3.50. The Morgan fingerprint density at radius 3 is 3.00 bits per heavy atom. The topological polar surface area (TPSA) is 98.5 Å². The molecule has 2 N–H and O–H groups in total. The molecule has 1 fully saturated rings. The van der Waals surface area contributed by atoms with Crippen molar-refractivity contribution in [3.05, 3.63) is 17.4 Å². The highest BCUT2D eigenvalue weighted by Crippen LogP contribution is 2.25. The standard InChI is InChI=1S/C7H11N3O3/c1-4-2-5(9-10-8)7(13-4)6(12)3-11/h1,4-7,11-12H,2-3H2/t4?,5-,6?,7-/m1/s1. The predicted octanol–water partition coefficient (Wildman–Crippen LogP) is -0.113. The van der Waals surface area contributed by atoms with E-state index in [0.29, 0.717) is 6.42 Å². The van der Waals surface area contributed by atoms with Gasteiger partial charge in [0.1, 0.15) is 6.10 Å². The van der Waals surface area contributed by atoms with E-state index in [4.69, 9.17) is 22.3 Å². The summed E-state index contributed by atoms with van der Waals surface area (Å²) >= 11 is 0. The Hall–Kier alpha value is -0.810. The zero-order valence-electron chi connectivity index (χ0n) is 6.95. The van der Waals surface area contributed by atoms with Crippen molar-refractivity contribution < 1.29 is 14.9 Å². The van der Waals surface area contributed by atoms with E-state index in [9.17, 15) is 5.11 Å². The van der Waals surface area contributed by atoms with Crippen molar-refractivity contribution in [1.82, 2.24) is 0 Å². The third kappa shape index (κ3) is 2.32. The summed E-state index contributed by atoms with van der Waals surface area (Å²) in [5.41, 5.74) is 8.20. The lowest BCUT2D eigenvalue weighted by atomic mass is 10.1. The van der Waals surface area contributed by atoms with Crippen LogP contribution in [-0.2, 0) is 4.74 Å². The van der Waals surface area contributed by atoms with Crippen LogP contribution in [0.4, 0.5) is 0 Å². The van der Waals surface area contributed by atoms with Crippen LogP contribution in [-0.4, -0.2) is 41.2 Å². The molecule has 72 valence electrons. The van der Waals surface area contributed by atoms with Gasteiger partial charge in [-0.2, -0.15) is 0 Å². The lowest BCUT2D eigenvalue weighted by Crippen LogP contribution is -2.36. The molecular weight excluding hydrogens is 174 g/mol. The van der Waals surface area contributed by atoms with E-state index in [-0.39, 0.29) is 0 Å². The molecule has 2 radical (unpaired) electrons. The Morgan fingerprint density at radius 2 is 2.46 bits per heavy atom. The highest BCUT2D eigenvalue weighted by atomic mass is 16.5. The van der Waals surface area contributed by atoms with Gasteiger partial charge in [-0.1, -0.05) is 5.11 Å². The molecule has 1 aliphatic rings. The van der Waals surface area contributed by atoms with Crippen LogP contribution in [0, 0.1) is 6.92 Å². The van der Waals surface area contributed by atoms with Crippen molar-refractivity contribution in [3.8, 4) is 0 Å². The molecule has 1 rings (SSSR count). The fourth-order valence-corrected chi connectivity index (χ4v) is 1.35. The number of azide groups is 1. The van der Waals surface area contributed by atoms with Gasteiger partial charge < -0.3 is 14.9 Å². The Labute approximate surface area is 75.8 Å². The minimum Gasteiger partial charge on any atom is -0.394 e. The predicted molar refractivity (Wildman–Crippen MR) is 43.6 cm³/mol. The fourth-order valence-electron chi connectivity index (χ4n) is 1.35. The molecule has 4 atom stereocenters. The van der Waals surface area contributed by atoms with Crippen molar-refractivity contribution in [2.45, 2.75) is 30.8 Å². The molecule has 2 unspecified atom stereocenters. The summed E-state index contributed by atoms with van der Waals surface area (Å²) in [4.78, 5) is 2.62. The SMILES string of the molecule is [CH]C1C[C@@H](N=[N+]=[N-])[C@H](C(O)CO)O1. The van der Waals surface area contributed by atoms with Gasteiger partial charge in [-0.25, -0.2) is 0 Å². The number of ether oxygens (including phenoxy) is 1. The largest absolute Gasteiger partial charge is 0.394 e. The Morgan fingerprint density at radius 1 is 1.77 bits per heavy atom. The zero-order valence-corrected chi connectivity index (χ0v) is 6.95. The summed E-state index contributed by atoms with van der Waals surface area (Å²) < 4.78 is 5.08. The van der Waals surface area contributed by atoms with Gasteiger partial charge in [-0.05, 0) is 18.9 Å². The van der Waals surface area contributed by atoms with Gasteiger partial charge in [0.2, 0.25) is 0 Å². The minimum atomic E-state index is -1.05. The van der Waals surface area contributed by atoms with Gasteiger partial charge in [-0.15, -0.1) is 0 Å². The second kappa shape index (κ2) is 4.43. The first-order valence-electron chi connectivity index (χ1n) is 3.93. The van der Waals surface area contributed by atoms with Gasteiger partial charge >= 0.3 is 0 Å². The van der Waals surface area contributed by atoms with Gasteiger partial charge in [0.15, 0.2) is 0 Å². The minimum absolute atomic E-state index is 0.367. The number of nitrogens with zero attached hydrogens (tertiary/aromatic N) is 3. The van der Waals surface area contributed by atoms with Gasteiger partial charge in [0, 0.05) is 4.91 Å². The van der Waals surface area contributed by atoms with Crippen LogP contribution in [0.2, 0.25) is 0 Å². The molecule has 0 amide bonds. The molecule has 6 nitrogen and oxygen atoms in total. The first-order valence-corrected chi connectivity index (χ1v) is 3.93. The molecule has 0 aliphatic carbocycles. The second-order valence-electron chi connectivity index (χ2n) is 2.90. The van der Waals surface area contributed by atoms with Crippen molar-refractivity contribution in [2.75, 3.05) is 6.61 Å². The smallest absolute Gasteiger partial charge is 0.104 e. The molecule has 1 saturated heterocycles. The Bertz CT molecular complexity index is 217. The first-order chi connectivity index (χ1) is 6.19. The summed E-state index contributed by atoms with van der Waals surface area (Å²) in [6.07, 6.45) is -1.92. The first kappa shape index (κ1) is 10.3. The van der Waals surface area contributed by atoms with Crippen LogP contribution in [0.3, 0.4) is 0 Å². The van der Waals surface area contributed by atoms with E-state index in [1.165, 1.54) is 0 Å². The molecule has 1 aliphatic heterocycles. The maximum absolute atomic E-state index is 9.26.